The molecule has 1 aromatic carbocycles. The molecule has 0 saturated heterocycles. The summed E-state index contributed by atoms with van der Waals surface area (Å²) in [5, 5.41) is 18.9. The number of hydrogen-bond acceptors (Lipinski definition) is 4. The molecule has 14 heavy (non-hydrogen) atoms. The van der Waals surface area contributed by atoms with Gasteiger partial charge >= 0.3 is 5.69 Å². The molecular weight excluding hydrogens is 191 g/mol. The predicted molar refractivity (Wildman–Crippen MR) is 44.3 cm³/mol. The van der Waals surface area contributed by atoms with Gasteiger partial charge in [0.05, 0.1) is 17.6 Å². The molecule has 0 spiro atoms. The number of methoxy groups -OCH3 is 1. The van der Waals surface area contributed by atoms with Crippen LogP contribution >= 0.6 is 0 Å². The molecule has 0 radical (unpaired) electrons. The van der Waals surface area contributed by atoms with Crippen molar-refractivity contribution < 1.29 is 14.1 Å². The molecule has 6 heteroatoms. The lowest BCUT2D eigenvalue weighted by atomic mass is 10.2. The minimum absolute atomic E-state index is 0.285. The highest BCUT2D eigenvalue weighted by molar-refractivity contribution is 5.52. The van der Waals surface area contributed by atoms with E-state index in [-0.39, 0.29) is 5.56 Å². The Morgan fingerprint density at radius 3 is 2.71 bits per heavy atom. The maximum absolute atomic E-state index is 13.2. The number of nitro benzene ring substituents is 1. The largest absolute Gasteiger partial charge is 0.488 e. The standard InChI is InChI=1S/C8H5FN2O3/c1-14-8-6(11(12)13)3-2-5(4-10)7(8)9/h2-3H,1H3. The van der Waals surface area contributed by atoms with E-state index in [0.717, 1.165) is 19.2 Å². The Morgan fingerprint density at radius 1 is 1.64 bits per heavy atom. The van der Waals surface area contributed by atoms with Gasteiger partial charge in [-0.05, 0) is 6.07 Å². The van der Waals surface area contributed by atoms with Crippen molar-refractivity contribution in [2.75, 3.05) is 7.11 Å². The van der Waals surface area contributed by atoms with Gasteiger partial charge in [-0.25, -0.2) is 4.39 Å². The third kappa shape index (κ3) is 1.47. The summed E-state index contributed by atoms with van der Waals surface area (Å²) in [6.07, 6.45) is 0. The zero-order chi connectivity index (χ0) is 10.7. The fraction of sp³-hybridized carbons (Fsp3) is 0.125. The third-order valence-corrected chi connectivity index (χ3v) is 1.60. The van der Waals surface area contributed by atoms with E-state index in [4.69, 9.17) is 5.26 Å². The monoisotopic (exact) mass is 196 g/mol. The zero-order valence-corrected chi connectivity index (χ0v) is 7.15. The van der Waals surface area contributed by atoms with Crippen LogP contribution in [0.3, 0.4) is 0 Å². The summed E-state index contributed by atoms with van der Waals surface area (Å²) in [6, 6.07) is 3.62. The van der Waals surface area contributed by atoms with Gasteiger partial charge in [0.25, 0.3) is 0 Å². The Morgan fingerprint density at radius 2 is 2.29 bits per heavy atom. The van der Waals surface area contributed by atoms with E-state index in [9.17, 15) is 14.5 Å². The van der Waals surface area contributed by atoms with Crippen molar-refractivity contribution in [3.63, 3.8) is 0 Å². The van der Waals surface area contributed by atoms with E-state index in [1.807, 2.05) is 0 Å². The van der Waals surface area contributed by atoms with Crippen LogP contribution in [0.15, 0.2) is 12.1 Å². The van der Waals surface area contributed by atoms with Crippen LogP contribution in [-0.4, -0.2) is 12.0 Å². The smallest absolute Gasteiger partial charge is 0.314 e. The van der Waals surface area contributed by atoms with Gasteiger partial charge in [0, 0.05) is 6.07 Å². The van der Waals surface area contributed by atoms with Crippen LogP contribution < -0.4 is 4.74 Å². The Bertz CT molecular complexity index is 425. The molecule has 0 aliphatic carbocycles. The van der Waals surface area contributed by atoms with E-state index in [1.165, 1.54) is 0 Å². The fourth-order valence-electron chi connectivity index (χ4n) is 0.970. The molecule has 0 saturated carbocycles. The van der Waals surface area contributed by atoms with Crippen LogP contribution in [0.25, 0.3) is 0 Å². The second-order valence-corrected chi connectivity index (χ2v) is 2.35. The molecule has 0 heterocycles. The van der Waals surface area contributed by atoms with Crippen LogP contribution in [-0.2, 0) is 0 Å². The van der Waals surface area contributed by atoms with E-state index in [1.54, 1.807) is 6.07 Å². The van der Waals surface area contributed by atoms with Gasteiger partial charge < -0.3 is 4.74 Å². The number of hydrogen-bond donors (Lipinski definition) is 0. The first kappa shape index (κ1) is 9.92. The Labute approximate surface area is 78.5 Å². The maximum atomic E-state index is 13.2. The summed E-state index contributed by atoms with van der Waals surface area (Å²) in [5.41, 5.74) is -0.781. The molecule has 0 atom stereocenters. The number of nitriles is 1. The van der Waals surface area contributed by atoms with E-state index < -0.39 is 22.2 Å². The quantitative estimate of drug-likeness (QED) is 0.531. The van der Waals surface area contributed by atoms with Gasteiger partial charge in [0.2, 0.25) is 5.75 Å². The van der Waals surface area contributed by atoms with Crippen molar-refractivity contribution in [3.8, 4) is 11.8 Å². The first-order valence-corrected chi connectivity index (χ1v) is 3.52. The lowest BCUT2D eigenvalue weighted by Gasteiger charge is -2.02. The molecule has 0 bridgehead atoms. The van der Waals surface area contributed by atoms with Crippen LogP contribution in [0.5, 0.6) is 5.75 Å². The summed E-state index contributed by atoms with van der Waals surface area (Å²) in [5.74, 6) is -1.53. The highest BCUT2D eigenvalue weighted by Crippen LogP contribution is 2.31. The second-order valence-electron chi connectivity index (χ2n) is 2.35. The highest BCUT2D eigenvalue weighted by Gasteiger charge is 2.21. The number of benzene rings is 1. The highest BCUT2D eigenvalue weighted by atomic mass is 19.1. The van der Waals surface area contributed by atoms with E-state index in [2.05, 4.69) is 4.74 Å². The van der Waals surface area contributed by atoms with Crippen molar-refractivity contribution in [3.05, 3.63) is 33.6 Å². The first-order chi connectivity index (χ1) is 6.61. The molecule has 0 N–H and O–H groups in total. The molecular formula is C8H5FN2O3. The maximum Gasteiger partial charge on any atom is 0.314 e. The van der Waals surface area contributed by atoms with Crippen molar-refractivity contribution in [2.24, 2.45) is 0 Å². The van der Waals surface area contributed by atoms with Gasteiger partial charge in [-0.3, -0.25) is 10.1 Å². The number of ether oxygens (including phenoxy) is 1. The zero-order valence-electron chi connectivity index (χ0n) is 7.15. The van der Waals surface area contributed by atoms with E-state index >= 15 is 0 Å². The van der Waals surface area contributed by atoms with E-state index in [0.29, 0.717) is 0 Å². The number of nitrogens with zero attached hydrogens (tertiary/aromatic N) is 2. The first-order valence-electron chi connectivity index (χ1n) is 3.52. The van der Waals surface area contributed by atoms with Crippen LogP contribution in [0, 0.1) is 27.3 Å². The summed E-state index contributed by atoms with van der Waals surface area (Å²) < 4.78 is 17.8. The normalized spacial score (nSPS) is 9.21. The molecule has 1 aromatic rings. The van der Waals surface area contributed by atoms with Crippen molar-refractivity contribution >= 4 is 5.69 Å². The molecule has 0 aliphatic rings. The third-order valence-electron chi connectivity index (χ3n) is 1.60. The molecule has 0 unspecified atom stereocenters. The average molecular weight is 196 g/mol. The lowest BCUT2D eigenvalue weighted by molar-refractivity contribution is -0.386. The Balaban J connectivity index is 3.45. The second kappa shape index (κ2) is 3.70. The molecule has 0 aliphatic heterocycles. The molecule has 72 valence electrons. The molecule has 0 aromatic heterocycles. The molecule has 5 nitrogen and oxygen atoms in total. The minimum Gasteiger partial charge on any atom is -0.488 e. The van der Waals surface area contributed by atoms with Gasteiger partial charge in [-0.1, -0.05) is 0 Å². The predicted octanol–water partition coefficient (Wildman–Crippen LogP) is 1.61. The number of rotatable bonds is 2. The lowest BCUT2D eigenvalue weighted by Crippen LogP contribution is -1.98. The summed E-state index contributed by atoms with van der Waals surface area (Å²) in [7, 11) is 1.10. The number of halogens is 1. The summed E-state index contributed by atoms with van der Waals surface area (Å²) >= 11 is 0. The fourth-order valence-corrected chi connectivity index (χ4v) is 0.970. The molecule has 0 fully saturated rings. The van der Waals surface area contributed by atoms with Crippen LogP contribution in [0.1, 0.15) is 5.56 Å². The van der Waals surface area contributed by atoms with Crippen LogP contribution in [0.4, 0.5) is 10.1 Å². The van der Waals surface area contributed by atoms with Crippen molar-refractivity contribution in [1.29, 1.82) is 5.26 Å². The van der Waals surface area contributed by atoms with Gasteiger partial charge in [-0.15, -0.1) is 0 Å². The molecule has 0 amide bonds. The summed E-state index contributed by atoms with van der Waals surface area (Å²) in [4.78, 5) is 9.63. The Hall–Kier alpha value is -2.16. The van der Waals surface area contributed by atoms with Crippen LogP contribution in [0.2, 0.25) is 0 Å². The number of nitro groups is 1. The van der Waals surface area contributed by atoms with Gasteiger partial charge in [-0.2, -0.15) is 5.26 Å². The SMILES string of the molecule is COc1c([N+](=O)[O-])ccc(C#N)c1F. The minimum atomic E-state index is -1.01. The Kier molecular flexibility index (Phi) is 2.62. The molecule has 1 rings (SSSR count). The topological polar surface area (TPSA) is 76.2 Å². The average Bonchev–Trinajstić information content (AvgIpc) is 2.17. The van der Waals surface area contributed by atoms with Gasteiger partial charge in [0.15, 0.2) is 5.82 Å². The van der Waals surface area contributed by atoms with Crippen molar-refractivity contribution in [2.45, 2.75) is 0 Å². The summed E-state index contributed by atoms with van der Waals surface area (Å²) in [6.45, 7) is 0. The van der Waals surface area contributed by atoms with Crippen molar-refractivity contribution in [1.82, 2.24) is 0 Å². The van der Waals surface area contributed by atoms with Gasteiger partial charge in [0.1, 0.15) is 6.07 Å².